The van der Waals surface area contributed by atoms with E-state index < -0.39 is 12.4 Å². The highest BCUT2D eigenvalue weighted by Gasteiger charge is 2.13. The summed E-state index contributed by atoms with van der Waals surface area (Å²) in [5.74, 6) is 0. The van der Waals surface area contributed by atoms with Gasteiger partial charge in [-0.2, -0.15) is 0 Å². The van der Waals surface area contributed by atoms with Crippen LogP contribution in [0.2, 0.25) is 0 Å². The van der Waals surface area contributed by atoms with Gasteiger partial charge in [-0.3, -0.25) is 0 Å². The Morgan fingerprint density at radius 2 is 1.46 bits per heavy atom. The lowest BCUT2D eigenvalue weighted by atomic mass is 10.5. The summed E-state index contributed by atoms with van der Waals surface area (Å²) in [6, 6.07) is 0. The Hall–Kier alpha value is -0.770. The second-order valence-electron chi connectivity index (χ2n) is 3.29. The maximum absolute atomic E-state index is 10.9. The third kappa shape index (κ3) is 7.59. The van der Waals surface area contributed by atoms with Crippen molar-refractivity contribution in [3.05, 3.63) is 0 Å². The molecule has 1 unspecified atom stereocenters. The monoisotopic (exact) mass is 190 g/mol. The fourth-order valence-corrected chi connectivity index (χ4v) is 0.767. The van der Waals surface area contributed by atoms with E-state index >= 15 is 0 Å². The normalized spacial score (nSPS) is 13.2. The predicted octanol–water partition coefficient (Wildman–Crippen LogP) is 2.32. The van der Waals surface area contributed by atoms with Crippen molar-refractivity contribution < 1.29 is 19.0 Å². The fourth-order valence-electron chi connectivity index (χ4n) is 0.767. The Morgan fingerprint density at radius 1 is 0.923 bits per heavy atom. The van der Waals surface area contributed by atoms with Crippen LogP contribution in [0.5, 0.6) is 0 Å². The first-order valence-corrected chi connectivity index (χ1v) is 4.44. The molecule has 0 spiro atoms. The molecule has 13 heavy (non-hydrogen) atoms. The van der Waals surface area contributed by atoms with E-state index in [-0.39, 0.29) is 12.2 Å². The zero-order chi connectivity index (χ0) is 10.4. The Morgan fingerprint density at radius 3 is 1.85 bits per heavy atom. The molecule has 0 bridgehead atoms. The van der Waals surface area contributed by atoms with Crippen molar-refractivity contribution >= 4 is 6.16 Å². The first kappa shape index (κ1) is 12.2. The lowest BCUT2D eigenvalue weighted by molar-refractivity contribution is -0.134. The molecule has 0 aromatic carbocycles. The van der Waals surface area contributed by atoms with Crippen molar-refractivity contribution in [2.24, 2.45) is 0 Å². The van der Waals surface area contributed by atoms with Crippen LogP contribution >= 0.6 is 0 Å². The first-order valence-electron chi connectivity index (χ1n) is 4.44. The first-order chi connectivity index (χ1) is 5.91. The number of carbonyl (C=O) groups excluding carboxylic acids is 1. The lowest BCUT2D eigenvalue weighted by Gasteiger charge is -2.16. The summed E-state index contributed by atoms with van der Waals surface area (Å²) in [6.07, 6.45) is -1.39. The molecular weight excluding hydrogens is 172 g/mol. The molecule has 0 saturated carbocycles. The third-order valence-electron chi connectivity index (χ3n) is 1.06. The van der Waals surface area contributed by atoms with Gasteiger partial charge in [0.05, 0.1) is 12.2 Å². The number of carbonyl (C=O) groups is 1. The van der Waals surface area contributed by atoms with Crippen molar-refractivity contribution in [2.45, 2.75) is 53.1 Å². The Balaban J connectivity index is 3.65. The van der Waals surface area contributed by atoms with Crippen LogP contribution in [-0.2, 0) is 14.2 Å². The molecule has 0 aliphatic rings. The molecule has 0 rings (SSSR count). The highest BCUT2D eigenvalue weighted by Crippen LogP contribution is 2.02. The molecule has 4 heteroatoms. The van der Waals surface area contributed by atoms with Crippen LogP contribution in [0.1, 0.15) is 34.6 Å². The molecule has 0 aromatic rings. The molecule has 4 nitrogen and oxygen atoms in total. The number of rotatable bonds is 4. The average molecular weight is 190 g/mol. The summed E-state index contributed by atoms with van der Waals surface area (Å²) in [4.78, 5) is 10.9. The van der Waals surface area contributed by atoms with Crippen LogP contribution in [0.25, 0.3) is 0 Å². The zero-order valence-electron chi connectivity index (χ0n) is 8.87. The predicted molar refractivity (Wildman–Crippen MR) is 48.4 cm³/mol. The molecule has 0 amide bonds. The van der Waals surface area contributed by atoms with Crippen molar-refractivity contribution in [3.63, 3.8) is 0 Å². The Kier molecular flexibility index (Phi) is 5.46. The molecule has 0 fully saturated rings. The Bertz CT molecular complexity index is 154. The van der Waals surface area contributed by atoms with E-state index in [0.717, 1.165) is 0 Å². The van der Waals surface area contributed by atoms with Crippen LogP contribution in [0, 0.1) is 0 Å². The smallest absolute Gasteiger partial charge is 0.432 e. The van der Waals surface area contributed by atoms with Gasteiger partial charge in [-0.15, -0.1) is 0 Å². The van der Waals surface area contributed by atoms with Gasteiger partial charge in [0.25, 0.3) is 0 Å². The Labute approximate surface area is 79.2 Å². The minimum Gasteiger partial charge on any atom is -0.432 e. The van der Waals surface area contributed by atoms with E-state index in [9.17, 15) is 4.79 Å². The van der Waals surface area contributed by atoms with Crippen molar-refractivity contribution in [1.82, 2.24) is 0 Å². The van der Waals surface area contributed by atoms with E-state index in [0.29, 0.717) is 0 Å². The van der Waals surface area contributed by atoms with Gasteiger partial charge in [-0.05, 0) is 34.6 Å². The summed E-state index contributed by atoms with van der Waals surface area (Å²) >= 11 is 0. The summed E-state index contributed by atoms with van der Waals surface area (Å²) in [5, 5.41) is 0. The average Bonchev–Trinajstić information content (AvgIpc) is 1.80. The van der Waals surface area contributed by atoms with Gasteiger partial charge in [-0.25, -0.2) is 4.79 Å². The number of ether oxygens (including phenoxy) is 3. The number of hydrogen-bond acceptors (Lipinski definition) is 4. The molecular formula is C9H18O4. The van der Waals surface area contributed by atoms with Gasteiger partial charge in [0.15, 0.2) is 0 Å². The van der Waals surface area contributed by atoms with E-state index in [1.54, 1.807) is 20.8 Å². The SMILES string of the molecule is CC(C)OC(=O)OC(C)OC(C)C. The van der Waals surface area contributed by atoms with Crippen molar-refractivity contribution in [3.8, 4) is 0 Å². The standard InChI is InChI=1S/C9H18O4/c1-6(2)11-8(5)13-9(10)12-7(3)4/h6-8H,1-5H3. The molecule has 0 N–H and O–H groups in total. The molecule has 78 valence electrons. The summed E-state index contributed by atoms with van der Waals surface area (Å²) in [7, 11) is 0. The number of hydrogen-bond donors (Lipinski definition) is 0. The fraction of sp³-hybridized carbons (Fsp3) is 0.889. The van der Waals surface area contributed by atoms with E-state index in [1.165, 1.54) is 0 Å². The highest BCUT2D eigenvalue weighted by molar-refractivity contribution is 5.60. The van der Waals surface area contributed by atoms with Crippen LogP contribution in [0.3, 0.4) is 0 Å². The topological polar surface area (TPSA) is 44.8 Å². The second-order valence-corrected chi connectivity index (χ2v) is 3.29. The molecule has 1 atom stereocenters. The maximum Gasteiger partial charge on any atom is 0.510 e. The van der Waals surface area contributed by atoms with Crippen molar-refractivity contribution in [1.29, 1.82) is 0 Å². The lowest BCUT2D eigenvalue weighted by Crippen LogP contribution is -2.23. The van der Waals surface area contributed by atoms with E-state index in [1.807, 2.05) is 13.8 Å². The van der Waals surface area contributed by atoms with Gasteiger partial charge in [0.1, 0.15) is 0 Å². The van der Waals surface area contributed by atoms with Gasteiger partial charge in [0.2, 0.25) is 6.29 Å². The van der Waals surface area contributed by atoms with Crippen LogP contribution in [0.4, 0.5) is 4.79 Å². The van der Waals surface area contributed by atoms with Gasteiger partial charge >= 0.3 is 6.16 Å². The molecule has 0 heterocycles. The van der Waals surface area contributed by atoms with Gasteiger partial charge in [-0.1, -0.05) is 0 Å². The van der Waals surface area contributed by atoms with Gasteiger partial charge < -0.3 is 14.2 Å². The summed E-state index contributed by atoms with van der Waals surface area (Å²) in [6.45, 7) is 8.91. The molecule has 0 radical (unpaired) electrons. The third-order valence-corrected chi connectivity index (χ3v) is 1.06. The van der Waals surface area contributed by atoms with Gasteiger partial charge in [0, 0.05) is 0 Å². The second kappa shape index (κ2) is 5.80. The minimum atomic E-state index is -0.692. The molecule has 0 aliphatic heterocycles. The van der Waals surface area contributed by atoms with Crippen LogP contribution < -0.4 is 0 Å². The highest BCUT2D eigenvalue weighted by atomic mass is 16.8. The quantitative estimate of drug-likeness (QED) is 0.504. The summed E-state index contributed by atoms with van der Waals surface area (Å²) in [5.41, 5.74) is 0. The molecule has 0 saturated heterocycles. The van der Waals surface area contributed by atoms with Crippen molar-refractivity contribution in [2.75, 3.05) is 0 Å². The molecule has 0 aromatic heterocycles. The summed E-state index contributed by atoms with van der Waals surface area (Å²) < 4.78 is 14.7. The zero-order valence-corrected chi connectivity index (χ0v) is 8.87. The minimum absolute atomic E-state index is 0.0295. The van der Waals surface area contributed by atoms with E-state index in [2.05, 4.69) is 0 Å². The molecule has 0 aliphatic carbocycles. The largest absolute Gasteiger partial charge is 0.510 e. The van der Waals surface area contributed by atoms with Crippen LogP contribution in [-0.4, -0.2) is 24.7 Å². The van der Waals surface area contributed by atoms with E-state index in [4.69, 9.17) is 14.2 Å². The maximum atomic E-state index is 10.9. The van der Waals surface area contributed by atoms with Crippen LogP contribution in [0.15, 0.2) is 0 Å².